The minimum atomic E-state index is 0. The molecule has 0 fully saturated rings. The van der Waals surface area contributed by atoms with Crippen molar-refractivity contribution < 1.29 is 28.8 Å². The van der Waals surface area contributed by atoms with Gasteiger partial charge in [0.15, 0.2) is 0 Å². The molecular weight excluding hydrogens is 168 g/mol. The van der Waals surface area contributed by atoms with Crippen LogP contribution >= 0.6 is 23.7 Å². The molecule has 5 heavy (non-hydrogen) atoms. The summed E-state index contributed by atoms with van der Waals surface area (Å²) in [7, 11) is 0. The first-order valence-corrected chi connectivity index (χ1v) is 0.926. The van der Waals surface area contributed by atoms with Crippen molar-refractivity contribution in [3.63, 3.8) is 0 Å². The second-order valence-electron chi connectivity index (χ2n) is 0.0583. The fraction of sp³-hybridized carbons (Fsp3) is 0. The zero-order valence-corrected chi connectivity index (χ0v) is 6.85. The van der Waals surface area contributed by atoms with E-state index in [2.05, 4.69) is 27.6 Å². The zero-order chi connectivity index (χ0) is 2.71. The largest absolute Gasteiger partial charge is 0.412 e. The fourth-order valence-corrected chi connectivity index (χ4v) is 0. The van der Waals surface area contributed by atoms with Gasteiger partial charge in [0, 0.05) is 19.5 Å². The SMILES string of the molecule is ClOCl.O.[Zn]. The molecule has 0 rings (SSSR count). The normalized spacial score (nSPS) is 3.60. The van der Waals surface area contributed by atoms with Gasteiger partial charge in [-0.05, 0) is 0 Å². The molecule has 0 aliphatic rings. The van der Waals surface area contributed by atoms with Crippen LogP contribution in [0.5, 0.6) is 0 Å². The molecule has 0 unspecified atom stereocenters. The minimum Gasteiger partial charge on any atom is -0.412 e. The van der Waals surface area contributed by atoms with Crippen LogP contribution in [0.25, 0.3) is 0 Å². The Hall–Kier alpha value is 1.12. The van der Waals surface area contributed by atoms with Gasteiger partial charge in [-0.3, -0.25) is 0 Å². The van der Waals surface area contributed by atoms with Crippen molar-refractivity contribution in [2.75, 3.05) is 0 Å². The van der Waals surface area contributed by atoms with Gasteiger partial charge in [-0.1, -0.05) is 0 Å². The van der Waals surface area contributed by atoms with E-state index in [0.29, 0.717) is 0 Å². The van der Waals surface area contributed by atoms with Gasteiger partial charge in [-0.15, -0.1) is 0 Å². The van der Waals surface area contributed by atoms with E-state index in [9.17, 15) is 0 Å². The number of halogens is 2. The van der Waals surface area contributed by atoms with Crippen molar-refractivity contribution in [1.29, 1.82) is 0 Å². The van der Waals surface area contributed by atoms with Gasteiger partial charge >= 0.3 is 0 Å². The standard InChI is InChI=1S/Cl2O.H2O.Zn/c1-3-2;;/h;1H2;. The molecule has 0 saturated heterocycles. The minimum absolute atomic E-state index is 0. The van der Waals surface area contributed by atoms with Crippen molar-refractivity contribution in [2.24, 2.45) is 0 Å². The van der Waals surface area contributed by atoms with E-state index in [1.165, 1.54) is 0 Å². The molecule has 0 amide bonds. The van der Waals surface area contributed by atoms with E-state index in [-0.39, 0.29) is 25.0 Å². The van der Waals surface area contributed by atoms with E-state index < -0.39 is 0 Å². The maximum atomic E-state index is 4.26. The van der Waals surface area contributed by atoms with E-state index in [1.807, 2.05) is 0 Å². The summed E-state index contributed by atoms with van der Waals surface area (Å²) in [5.41, 5.74) is 0. The topological polar surface area (TPSA) is 40.7 Å². The molecule has 5 heteroatoms. The molecule has 0 heterocycles. The van der Waals surface area contributed by atoms with Crippen LogP contribution in [0.2, 0.25) is 0 Å². The molecule has 2 N–H and O–H groups in total. The summed E-state index contributed by atoms with van der Waals surface area (Å²) in [5.74, 6) is 0. The molecule has 0 aromatic heterocycles. The Morgan fingerprint density at radius 2 is 1.20 bits per heavy atom. The quantitative estimate of drug-likeness (QED) is 0.488. The molecule has 0 aliphatic carbocycles. The molecule has 0 aliphatic heterocycles. The fourth-order valence-electron chi connectivity index (χ4n) is 0. The van der Waals surface area contributed by atoms with Gasteiger partial charge in [-0.2, -0.15) is 3.84 Å². The molecule has 0 atom stereocenters. The van der Waals surface area contributed by atoms with E-state index >= 15 is 0 Å². The third-order valence-electron chi connectivity index (χ3n) is 0. The van der Waals surface area contributed by atoms with Crippen LogP contribution in [-0.4, -0.2) is 5.48 Å². The number of hydrogen-bond acceptors (Lipinski definition) is 1. The Bertz CT molecular complexity index is 7.61. The molecule has 0 aromatic carbocycles. The van der Waals surface area contributed by atoms with Gasteiger partial charge in [0.25, 0.3) is 0 Å². The van der Waals surface area contributed by atoms with Gasteiger partial charge in [-0.25, -0.2) is 0 Å². The monoisotopic (exact) mass is 168 g/mol. The van der Waals surface area contributed by atoms with Crippen LogP contribution in [0.3, 0.4) is 0 Å². The molecule has 2 nitrogen and oxygen atoms in total. The summed E-state index contributed by atoms with van der Waals surface area (Å²) in [6.45, 7) is 0. The molecule has 0 radical (unpaired) electrons. The summed E-state index contributed by atoms with van der Waals surface area (Å²) in [4.78, 5) is 0. The zero-order valence-electron chi connectivity index (χ0n) is 2.37. The Balaban J connectivity index is -0.0000000200. The van der Waals surface area contributed by atoms with Crippen molar-refractivity contribution in [1.82, 2.24) is 0 Å². The Labute approximate surface area is 52.8 Å². The van der Waals surface area contributed by atoms with Gasteiger partial charge in [0.1, 0.15) is 0 Å². The summed E-state index contributed by atoms with van der Waals surface area (Å²) in [5, 5.41) is 0. The van der Waals surface area contributed by atoms with Gasteiger partial charge in [0.05, 0.1) is 23.7 Å². The summed E-state index contributed by atoms with van der Waals surface area (Å²) in [6, 6.07) is 0. The van der Waals surface area contributed by atoms with Crippen LogP contribution in [0, 0.1) is 0 Å². The molecule has 30 valence electrons. The number of hydrogen-bond donors (Lipinski definition) is 0. The predicted octanol–water partition coefficient (Wildman–Crippen LogP) is 0.483. The first-order valence-electron chi connectivity index (χ1n) is 0.309. The molecule has 0 aromatic rings. The molecule has 0 spiro atoms. The maximum absolute atomic E-state index is 4.26. The van der Waals surface area contributed by atoms with Crippen molar-refractivity contribution >= 4 is 23.7 Å². The first kappa shape index (κ1) is 16.5. The Morgan fingerprint density at radius 3 is 1.20 bits per heavy atom. The Kier molecular flexibility index (Phi) is 63.7. The van der Waals surface area contributed by atoms with Gasteiger partial charge in [0.2, 0.25) is 0 Å². The average Bonchev–Trinajstić information content (AvgIpc) is 0.918. The average molecular weight is 170 g/mol. The molecule has 0 bridgehead atoms. The smallest absolute Gasteiger partial charge is 0.0832 e. The first-order chi connectivity index (χ1) is 1.41. The van der Waals surface area contributed by atoms with E-state index in [0.717, 1.165) is 0 Å². The third kappa shape index (κ3) is 39.6. The maximum Gasteiger partial charge on any atom is 0.0832 e. The second-order valence-corrected chi connectivity index (χ2v) is 0.525. The molecular formula is H2Cl2O2Zn. The third-order valence-corrected chi connectivity index (χ3v) is 0. The van der Waals surface area contributed by atoms with Crippen LogP contribution < -0.4 is 0 Å². The van der Waals surface area contributed by atoms with Crippen LogP contribution in [0.15, 0.2) is 0 Å². The van der Waals surface area contributed by atoms with E-state index in [4.69, 9.17) is 0 Å². The van der Waals surface area contributed by atoms with Crippen molar-refractivity contribution in [3.8, 4) is 0 Å². The van der Waals surface area contributed by atoms with Crippen LogP contribution in [0.4, 0.5) is 0 Å². The summed E-state index contributed by atoms with van der Waals surface area (Å²) >= 11 is 8.53. The second kappa shape index (κ2) is 19.3. The van der Waals surface area contributed by atoms with Crippen LogP contribution in [-0.2, 0) is 23.3 Å². The van der Waals surface area contributed by atoms with Crippen molar-refractivity contribution in [2.45, 2.75) is 0 Å². The van der Waals surface area contributed by atoms with Gasteiger partial charge < -0.3 is 5.48 Å². The predicted molar refractivity (Wildman–Crippen MR) is 16.4 cm³/mol. The molecule has 0 saturated carbocycles. The Morgan fingerprint density at radius 1 is 1.20 bits per heavy atom. The number of rotatable bonds is 0. The van der Waals surface area contributed by atoms with Crippen molar-refractivity contribution in [3.05, 3.63) is 0 Å². The van der Waals surface area contributed by atoms with Crippen LogP contribution in [0.1, 0.15) is 0 Å². The van der Waals surface area contributed by atoms with E-state index in [1.54, 1.807) is 0 Å². The summed E-state index contributed by atoms with van der Waals surface area (Å²) < 4.78 is 3.19. The summed E-state index contributed by atoms with van der Waals surface area (Å²) in [6.07, 6.45) is 0.